The number of esters is 2. The van der Waals surface area contributed by atoms with Crippen molar-refractivity contribution in [3.63, 3.8) is 0 Å². The van der Waals surface area contributed by atoms with Gasteiger partial charge >= 0.3 is 11.9 Å². The molecule has 0 saturated carbocycles. The number of benzene rings is 1. The fraction of sp³-hybridized carbons (Fsp3) is 0.579. The molecule has 0 aliphatic carbocycles. The molecule has 0 aliphatic heterocycles. The fourth-order valence-corrected chi connectivity index (χ4v) is 2.39. The van der Waals surface area contributed by atoms with Gasteiger partial charge < -0.3 is 9.47 Å². The molecule has 0 amide bonds. The molecule has 1 rings (SSSR count). The second-order valence-electron chi connectivity index (χ2n) is 6.23. The van der Waals surface area contributed by atoms with Crippen LogP contribution in [0.25, 0.3) is 0 Å². The Bertz CT molecular complexity index is 508. The predicted octanol–water partition coefficient (Wildman–Crippen LogP) is 4.63. The first kappa shape index (κ1) is 19.2. The van der Waals surface area contributed by atoms with Crippen molar-refractivity contribution in [2.45, 2.75) is 59.5 Å². The Morgan fingerprint density at radius 2 is 1.61 bits per heavy atom. The first-order valence-corrected chi connectivity index (χ1v) is 8.42. The maximum Gasteiger partial charge on any atom is 0.339 e. The molecular weight excluding hydrogens is 292 g/mol. The molecule has 0 bridgehead atoms. The zero-order valence-electron chi connectivity index (χ0n) is 14.6. The lowest BCUT2D eigenvalue weighted by molar-refractivity contribution is 0.0288. The molecule has 128 valence electrons. The average molecular weight is 320 g/mol. The van der Waals surface area contributed by atoms with Crippen molar-refractivity contribution in [2.24, 2.45) is 5.92 Å². The zero-order chi connectivity index (χ0) is 17.2. The van der Waals surface area contributed by atoms with Gasteiger partial charge in [0.25, 0.3) is 0 Å². The zero-order valence-corrected chi connectivity index (χ0v) is 14.6. The van der Waals surface area contributed by atoms with Crippen molar-refractivity contribution >= 4 is 11.9 Å². The molecule has 0 fully saturated rings. The van der Waals surface area contributed by atoms with E-state index in [-0.39, 0.29) is 17.2 Å². The lowest BCUT2D eigenvalue weighted by Gasteiger charge is -2.16. The van der Waals surface area contributed by atoms with E-state index in [9.17, 15) is 9.59 Å². The predicted molar refractivity (Wildman–Crippen MR) is 90.6 cm³/mol. The van der Waals surface area contributed by atoms with Crippen molar-refractivity contribution in [3.05, 3.63) is 35.4 Å². The third-order valence-electron chi connectivity index (χ3n) is 3.46. The summed E-state index contributed by atoms with van der Waals surface area (Å²) in [5.74, 6) is -0.499. The maximum absolute atomic E-state index is 12.3. The van der Waals surface area contributed by atoms with E-state index in [2.05, 4.69) is 20.8 Å². The monoisotopic (exact) mass is 320 g/mol. The fourth-order valence-electron chi connectivity index (χ4n) is 2.39. The Morgan fingerprint density at radius 3 is 2.17 bits per heavy atom. The van der Waals surface area contributed by atoms with E-state index in [1.807, 2.05) is 6.92 Å². The van der Waals surface area contributed by atoms with Gasteiger partial charge in [0.15, 0.2) is 0 Å². The lowest BCUT2D eigenvalue weighted by atomic mass is 10.1. The summed E-state index contributed by atoms with van der Waals surface area (Å²) in [5.41, 5.74) is 0.536. The number of carbonyl (C=O) groups excluding carboxylic acids is 2. The van der Waals surface area contributed by atoms with E-state index < -0.39 is 11.9 Å². The van der Waals surface area contributed by atoms with Gasteiger partial charge in [-0.2, -0.15) is 0 Å². The molecule has 0 aromatic heterocycles. The standard InChI is InChI=1S/C19H28O4/c1-5-6-9-12-22-18(20)16-10-7-8-11-17(16)19(21)23-15(4)13-14(2)3/h7-8,10-11,14-15H,5-6,9,12-13H2,1-4H3. The van der Waals surface area contributed by atoms with Crippen molar-refractivity contribution in [1.82, 2.24) is 0 Å². The summed E-state index contributed by atoms with van der Waals surface area (Å²) in [6.07, 6.45) is 3.52. The summed E-state index contributed by atoms with van der Waals surface area (Å²) >= 11 is 0. The van der Waals surface area contributed by atoms with Gasteiger partial charge in [-0.3, -0.25) is 0 Å². The van der Waals surface area contributed by atoms with E-state index in [4.69, 9.17) is 9.47 Å². The largest absolute Gasteiger partial charge is 0.462 e. The number of hydrogen-bond donors (Lipinski definition) is 0. The highest BCUT2D eigenvalue weighted by atomic mass is 16.5. The molecule has 0 spiro atoms. The van der Waals surface area contributed by atoms with E-state index >= 15 is 0 Å². The number of hydrogen-bond acceptors (Lipinski definition) is 4. The van der Waals surface area contributed by atoms with Crippen LogP contribution >= 0.6 is 0 Å². The van der Waals surface area contributed by atoms with Gasteiger partial charge in [-0.1, -0.05) is 45.7 Å². The number of ether oxygens (including phenoxy) is 2. The van der Waals surface area contributed by atoms with Crippen LogP contribution in [-0.4, -0.2) is 24.6 Å². The molecular formula is C19H28O4. The third-order valence-corrected chi connectivity index (χ3v) is 3.46. The second kappa shape index (κ2) is 10.0. The third kappa shape index (κ3) is 6.85. The van der Waals surface area contributed by atoms with Crippen LogP contribution in [0.3, 0.4) is 0 Å². The van der Waals surface area contributed by atoms with Gasteiger partial charge in [-0.15, -0.1) is 0 Å². The van der Waals surface area contributed by atoms with Gasteiger partial charge in [0.2, 0.25) is 0 Å². The molecule has 1 aromatic rings. The van der Waals surface area contributed by atoms with E-state index in [1.54, 1.807) is 24.3 Å². The minimum Gasteiger partial charge on any atom is -0.462 e. The molecule has 1 unspecified atom stereocenters. The smallest absolute Gasteiger partial charge is 0.339 e. The highest BCUT2D eigenvalue weighted by molar-refractivity contribution is 6.03. The quantitative estimate of drug-likeness (QED) is 0.492. The number of unbranched alkanes of at least 4 members (excludes halogenated alkanes) is 2. The highest BCUT2D eigenvalue weighted by Crippen LogP contribution is 2.15. The van der Waals surface area contributed by atoms with Crippen molar-refractivity contribution in [3.8, 4) is 0 Å². The van der Waals surface area contributed by atoms with Crippen molar-refractivity contribution < 1.29 is 19.1 Å². The van der Waals surface area contributed by atoms with Crippen LogP contribution in [0, 0.1) is 5.92 Å². The Labute approximate surface area is 139 Å². The van der Waals surface area contributed by atoms with Crippen LogP contribution in [0.5, 0.6) is 0 Å². The van der Waals surface area contributed by atoms with Crippen LogP contribution in [0.2, 0.25) is 0 Å². The highest BCUT2D eigenvalue weighted by Gasteiger charge is 2.20. The maximum atomic E-state index is 12.3. The van der Waals surface area contributed by atoms with E-state index in [1.165, 1.54) is 0 Å². The van der Waals surface area contributed by atoms with Gasteiger partial charge in [0, 0.05) is 0 Å². The summed E-state index contributed by atoms with van der Waals surface area (Å²) in [7, 11) is 0. The van der Waals surface area contributed by atoms with Crippen LogP contribution in [-0.2, 0) is 9.47 Å². The Kier molecular flexibility index (Phi) is 8.38. The van der Waals surface area contributed by atoms with E-state index in [0.717, 1.165) is 25.7 Å². The summed E-state index contributed by atoms with van der Waals surface area (Å²) in [6.45, 7) is 8.48. The normalized spacial score (nSPS) is 12.0. The van der Waals surface area contributed by atoms with Gasteiger partial charge in [-0.25, -0.2) is 9.59 Å². The second-order valence-corrected chi connectivity index (χ2v) is 6.23. The van der Waals surface area contributed by atoms with Crippen LogP contribution in [0.1, 0.15) is 74.1 Å². The minimum atomic E-state index is -0.473. The summed E-state index contributed by atoms with van der Waals surface area (Å²) < 4.78 is 10.7. The molecule has 0 saturated heterocycles. The van der Waals surface area contributed by atoms with Crippen LogP contribution in [0.4, 0.5) is 0 Å². The summed E-state index contributed by atoms with van der Waals surface area (Å²) in [4.78, 5) is 24.5. The lowest BCUT2D eigenvalue weighted by Crippen LogP contribution is -2.20. The van der Waals surface area contributed by atoms with E-state index in [0.29, 0.717) is 12.5 Å². The number of rotatable bonds is 9. The number of carbonyl (C=O) groups is 2. The topological polar surface area (TPSA) is 52.6 Å². The van der Waals surface area contributed by atoms with Gasteiger partial charge in [0.05, 0.1) is 23.8 Å². The molecule has 0 heterocycles. The summed E-state index contributed by atoms with van der Waals surface area (Å²) in [6, 6.07) is 6.65. The van der Waals surface area contributed by atoms with Gasteiger partial charge in [0.1, 0.15) is 0 Å². The molecule has 0 radical (unpaired) electrons. The summed E-state index contributed by atoms with van der Waals surface area (Å²) in [5, 5.41) is 0. The molecule has 4 heteroatoms. The first-order valence-electron chi connectivity index (χ1n) is 8.42. The Morgan fingerprint density at radius 1 is 1.00 bits per heavy atom. The SMILES string of the molecule is CCCCCOC(=O)c1ccccc1C(=O)OC(C)CC(C)C. The van der Waals surface area contributed by atoms with Gasteiger partial charge in [-0.05, 0) is 37.8 Å². The van der Waals surface area contributed by atoms with Crippen LogP contribution in [0.15, 0.2) is 24.3 Å². The molecule has 23 heavy (non-hydrogen) atoms. The van der Waals surface area contributed by atoms with Crippen molar-refractivity contribution in [2.75, 3.05) is 6.61 Å². The minimum absolute atomic E-state index is 0.184. The molecule has 0 N–H and O–H groups in total. The molecule has 4 nitrogen and oxygen atoms in total. The Hall–Kier alpha value is -1.84. The average Bonchev–Trinajstić information content (AvgIpc) is 2.50. The molecule has 1 atom stereocenters. The first-order chi connectivity index (χ1) is 11.0. The molecule has 1 aromatic carbocycles. The molecule has 0 aliphatic rings. The van der Waals surface area contributed by atoms with Crippen LogP contribution < -0.4 is 0 Å². The Balaban J connectivity index is 2.72. The van der Waals surface area contributed by atoms with Crippen molar-refractivity contribution in [1.29, 1.82) is 0 Å².